The summed E-state index contributed by atoms with van der Waals surface area (Å²) in [5.41, 5.74) is -1.23. The molecular weight excluding hydrogens is 148 g/mol. The van der Waals surface area contributed by atoms with Gasteiger partial charge in [0.2, 0.25) is 0 Å². The van der Waals surface area contributed by atoms with Gasteiger partial charge in [-0.05, 0) is 14.1 Å². The van der Waals surface area contributed by atoms with Crippen LogP contribution in [-0.4, -0.2) is 47.7 Å². The number of likely N-dealkylation sites (N-methyl/N-ethyl adjacent to an activating group) is 1. The molecule has 1 atom stereocenters. The quantitative estimate of drug-likeness (QED) is 0.450. The normalized spacial score (nSPS) is 16.5. The lowest BCUT2D eigenvalue weighted by molar-refractivity contribution is -0.568. The summed E-state index contributed by atoms with van der Waals surface area (Å²) in [6.07, 6.45) is 0. The fourth-order valence-corrected chi connectivity index (χ4v) is 0.847. The van der Waals surface area contributed by atoms with E-state index in [9.17, 15) is 10.1 Å². The third kappa shape index (κ3) is 2.81. The van der Waals surface area contributed by atoms with E-state index >= 15 is 0 Å². The topological polar surface area (TPSA) is 66.6 Å². The van der Waals surface area contributed by atoms with Crippen molar-refractivity contribution in [3.8, 4) is 0 Å². The van der Waals surface area contributed by atoms with Crippen LogP contribution < -0.4 is 0 Å². The first-order valence-corrected chi connectivity index (χ1v) is 3.32. The van der Waals surface area contributed by atoms with Crippen LogP contribution in [0.25, 0.3) is 0 Å². The van der Waals surface area contributed by atoms with Crippen molar-refractivity contribution in [3.63, 3.8) is 0 Å². The van der Waals surface area contributed by atoms with Gasteiger partial charge in [0.1, 0.15) is 6.61 Å². The summed E-state index contributed by atoms with van der Waals surface area (Å²) in [7, 11) is 3.47. The van der Waals surface area contributed by atoms with Crippen LogP contribution in [0.4, 0.5) is 0 Å². The van der Waals surface area contributed by atoms with Crippen LogP contribution in [0.2, 0.25) is 0 Å². The highest BCUT2D eigenvalue weighted by Gasteiger charge is 2.36. The molecule has 0 aliphatic rings. The third-order valence-corrected chi connectivity index (χ3v) is 1.44. The van der Waals surface area contributed by atoms with Crippen molar-refractivity contribution in [1.82, 2.24) is 4.90 Å². The van der Waals surface area contributed by atoms with E-state index in [1.807, 2.05) is 0 Å². The molecule has 66 valence electrons. The van der Waals surface area contributed by atoms with E-state index in [4.69, 9.17) is 5.11 Å². The number of nitro groups is 1. The zero-order valence-corrected chi connectivity index (χ0v) is 7.07. The van der Waals surface area contributed by atoms with Gasteiger partial charge >= 0.3 is 0 Å². The molecule has 0 rings (SSSR count). The molecular formula is C6H14N2O3. The van der Waals surface area contributed by atoms with Crippen molar-refractivity contribution in [3.05, 3.63) is 10.1 Å². The average Bonchev–Trinajstić information content (AvgIpc) is 1.86. The average molecular weight is 162 g/mol. The summed E-state index contributed by atoms with van der Waals surface area (Å²) in [6, 6.07) is 0. The minimum atomic E-state index is -1.23. The second-order valence-corrected chi connectivity index (χ2v) is 3.15. The SMILES string of the molecule is CN(C)CC(C)(CO)[N+](=O)[O-]. The highest BCUT2D eigenvalue weighted by molar-refractivity contribution is 4.74. The Morgan fingerprint density at radius 1 is 1.64 bits per heavy atom. The molecule has 1 unspecified atom stereocenters. The molecule has 0 aliphatic carbocycles. The lowest BCUT2D eigenvalue weighted by Crippen LogP contribution is -2.47. The summed E-state index contributed by atoms with van der Waals surface area (Å²) in [4.78, 5) is 11.6. The predicted octanol–water partition coefficient (Wildman–Crippen LogP) is -0.424. The smallest absolute Gasteiger partial charge is 0.254 e. The Labute approximate surface area is 65.8 Å². The Balaban J connectivity index is 4.22. The molecule has 0 aromatic heterocycles. The molecule has 0 heterocycles. The Kier molecular flexibility index (Phi) is 3.41. The fraction of sp³-hybridized carbons (Fsp3) is 1.00. The van der Waals surface area contributed by atoms with E-state index < -0.39 is 17.1 Å². The van der Waals surface area contributed by atoms with Gasteiger partial charge in [0.25, 0.3) is 5.54 Å². The molecule has 0 spiro atoms. The van der Waals surface area contributed by atoms with E-state index in [2.05, 4.69) is 0 Å². The zero-order chi connectivity index (χ0) is 9.07. The summed E-state index contributed by atoms with van der Waals surface area (Å²) >= 11 is 0. The predicted molar refractivity (Wildman–Crippen MR) is 41.0 cm³/mol. The molecule has 11 heavy (non-hydrogen) atoms. The molecule has 0 aliphatic heterocycles. The van der Waals surface area contributed by atoms with Crippen LogP contribution >= 0.6 is 0 Å². The molecule has 0 amide bonds. The third-order valence-electron chi connectivity index (χ3n) is 1.44. The largest absolute Gasteiger partial charge is 0.389 e. The minimum Gasteiger partial charge on any atom is -0.389 e. The van der Waals surface area contributed by atoms with Crippen LogP contribution in [0.15, 0.2) is 0 Å². The van der Waals surface area contributed by atoms with Gasteiger partial charge in [0.15, 0.2) is 0 Å². The van der Waals surface area contributed by atoms with Gasteiger partial charge in [-0.15, -0.1) is 0 Å². The first-order chi connectivity index (χ1) is 4.92. The lowest BCUT2D eigenvalue weighted by atomic mass is 10.1. The van der Waals surface area contributed by atoms with Crippen LogP contribution in [0, 0.1) is 10.1 Å². The van der Waals surface area contributed by atoms with Crippen LogP contribution in [-0.2, 0) is 0 Å². The van der Waals surface area contributed by atoms with Crippen LogP contribution in [0.1, 0.15) is 6.92 Å². The van der Waals surface area contributed by atoms with E-state index in [1.165, 1.54) is 6.92 Å². The second kappa shape index (κ2) is 3.64. The van der Waals surface area contributed by atoms with E-state index in [-0.39, 0.29) is 6.54 Å². The number of hydrogen-bond donors (Lipinski definition) is 1. The number of aliphatic hydroxyl groups is 1. The van der Waals surface area contributed by atoms with Gasteiger partial charge in [-0.2, -0.15) is 0 Å². The van der Waals surface area contributed by atoms with Gasteiger partial charge in [-0.3, -0.25) is 10.1 Å². The number of rotatable bonds is 4. The van der Waals surface area contributed by atoms with E-state index in [1.54, 1.807) is 19.0 Å². The number of nitrogens with zero attached hydrogens (tertiary/aromatic N) is 2. The lowest BCUT2D eigenvalue weighted by Gasteiger charge is -2.21. The highest BCUT2D eigenvalue weighted by Crippen LogP contribution is 2.08. The van der Waals surface area contributed by atoms with Gasteiger partial charge < -0.3 is 10.0 Å². The Morgan fingerprint density at radius 3 is 2.18 bits per heavy atom. The monoisotopic (exact) mass is 162 g/mol. The van der Waals surface area contributed by atoms with Gasteiger partial charge in [-0.1, -0.05) is 0 Å². The van der Waals surface area contributed by atoms with Crippen molar-refractivity contribution in [2.75, 3.05) is 27.2 Å². The van der Waals surface area contributed by atoms with E-state index in [0.29, 0.717) is 0 Å². The molecule has 5 nitrogen and oxygen atoms in total. The molecule has 0 aromatic rings. The van der Waals surface area contributed by atoms with Crippen molar-refractivity contribution >= 4 is 0 Å². The summed E-state index contributed by atoms with van der Waals surface area (Å²) in [5, 5.41) is 19.1. The summed E-state index contributed by atoms with van der Waals surface area (Å²) in [6.45, 7) is 1.24. The number of aliphatic hydroxyl groups excluding tert-OH is 1. The fourth-order valence-electron chi connectivity index (χ4n) is 0.847. The Bertz CT molecular complexity index is 149. The molecule has 0 radical (unpaired) electrons. The second-order valence-electron chi connectivity index (χ2n) is 3.15. The van der Waals surface area contributed by atoms with Crippen LogP contribution in [0.5, 0.6) is 0 Å². The maximum Gasteiger partial charge on any atom is 0.254 e. The highest BCUT2D eigenvalue weighted by atomic mass is 16.6. The summed E-state index contributed by atoms with van der Waals surface area (Å²) < 4.78 is 0. The number of hydrogen-bond acceptors (Lipinski definition) is 4. The standard InChI is InChI=1S/C6H14N2O3/c1-6(5-9,8(10)11)4-7(2)3/h9H,4-5H2,1-3H3. The maximum atomic E-state index is 10.4. The summed E-state index contributed by atoms with van der Waals surface area (Å²) in [5.74, 6) is 0. The van der Waals surface area contributed by atoms with Crippen molar-refractivity contribution in [2.45, 2.75) is 12.5 Å². The van der Waals surface area contributed by atoms with Crippen molar-refractivity contribution < 1.29 is 10.0 Å². The molecule has 0 saturated heterocycles. The minimum absolute atomic E-state index is 0.247. The maximum absolute atomic E-state index is 10.4. The molecule has 0 saturated carbocycles. The zero-order valence-electron chi connectivity index (χ0n) is 7.07. The van der Waals surface area contributed by atoms with Crippen molar-refractivity contribution in [1.29, 1.82) is 0 Å². The van der Waals surface area contributed by atoms with Gasteiger partial charge in [0, 0.05) is 11.8 Å². The van der Waals surface area contributed by atoms with E-state index in [0.717, 1.165) is 0 Å². The first kappa shape index (κ1) is 10.3. The molecule has 0 bridgehead atoms. The molecule has 0 aromatic carbocycles. The van der Waals surface area contributed by atoms with Gasteiger partial charge in [-0.25, -0.2) is 0 Å². The van der Waals surface area contributed by atoms with Gasteiger partial charge in [0.05, 0.1) is 6.54 Å². The molecule has 0 fully saturated rings. The Morgan fingerprint density at radius 2 is 2.09 bits per heavy atom. The molecule has 5 heteroatoms. The Hall–Kier alpha value is -0.680. The van der Waals surface area contributed by atoms with Crippen LogP contribution in [0.3, 0.4) is 0 Å². The first-order valence-electron chi connectivity index (χ1n) is 3.32. The van der Waals surface area contributed by atoms with Crippen molar-refractivity contribution in [2.24, 2.45) is 0 Å². The molecule has 1 N–H and O–H groups in total.